The van der Waals surface area contributed by atoms with Crippen LogP contribution in [0.1, 0.15) is 0 Å². The second-order valence-electron chi connectivity index (χ2n) is 0.362. The molecule has 5 heteroatoms. The summed E-state index contributed by atoms with van der Waals surface area (Å²) in [5, 5.41) is 2.12. The van der Waals surface area contributed by atoms with E-state index < -0.39 is 6.78 Å². The minimum atomic E-state index is -1.13. The zero-order valence-corrected chi connectivity index (χ0v) is 4.69. The van der Waals surface area contributed by atoms with E-state index in [9.17, 15) is 0 Å². The summed E-state index contributed by atoms with van der Waals surface area (Å²) >= 11 is 10.1. The van der Waals surface area contributed by atoms with Crippen molar-refractivity contribution in [2.75, 3.05) is 0 Å². The third-order valence-corrected chi connectivity index (χ3v) is 0.878. The van der Waals surface area contributed by atoms with Crippen molar-refractivity contribution >= 4 is 29.3 Å². The van der Waals surface area contributed by atoms with Gasteiger partial charge in [-0.1, -0.05) is 22.5 Å². The number of nitrogens with one attached hydrogen (secondary N) is 1. The van der Waals surface area contributed by atoms with Crippen LogP contribution in [0.25, 0.3) is 0 Å². The van der Waals surface area contributed by atoms with Crippen molar-refractivity contribution in [1.29, 1.82) is 0 Å². The molecule has 0 rings (SSSR count). The van der Waals surface area contributed by atoms with E-state index in [-0.39, 0.29) is 0 Å². The van der Waals surface area contributed by atoms with Gasteiger partial charge in [0.2, 0.25) is 0 Å². The fourth-order valence-corrected chi connectivity index (χ4v) is 0. The highest BCUT2D eigenvalue weighted by Gasteiger charge is 1.85. The fraction of sp³-hybridized carbons (Fsp3) is 0. The zero-order chi connectivity index (χ0) is 4.28. The topological polar surface area (TPSA) is 38.0 Å². The highest BCUT2D eigenvalue weighted by Crippen LogP contribution is 2.39. The van der Waals surface area contributed by atoms with E-state index >= 15 is 0 Å². The van der Waals surface area contributed by atoms with Crippen molar-refractivity contribution < 1.29 is 0 Å². The van der Waals surface area contributed by atoms with Crippen molar-refractivity contribution in [3.8, 4) is 0 Å². The average molecular weight is 133 g/mol. The Morgan fingerprint density at radius 1 is 1.60 bits per heavy atom. The smallest absolute Gasteiger partial charge is 0.170 e. The molecule has 0 heterocycles. The van der Waals surface area contributed by atoms with Crippen molar-refractivity contribution in [2.45, 2.75) is 0 Å². The molecule has 0 fully saturated rings. The van der Waals surface area contributed by atoms with Gasteiger partial charge < -0.3 is 0 Å². The lowest BCUT2D eigenvalue weighted by Crippen LogP contribution is -2.09. The van der Waals surface area contributed by atoms with Gasteiger partial charge in [0.05, 0.1) is 0 Å². The number of hydrogen-bond donors (Lipinski definition) is 2. The van der Waals surface area contributed by atoms with Crippen LogP contribution < -0.4 is 11.0 Å². The lowest BCUT2D eigenvalue weighted by atomic mass is 13.0. The number of hydrazine groups is 1. The third-order valence-electron chi connectivity index (χ3n) is 0.0976. The largest absolute Gasteiger partial charge is 0.266 e. The monoisotopic (exact) mass is 132 g/mol. The van der Waals surface area contributed by atoms with E-state index in [1.807, 2.05) is 0 Å². The van der Waals surface area contributed by atoms with Gasteiger partial charge in [-0.15, -0.1) is 0 Å². The van der Waals surface area contributed by atoms with Gasteiger partial charge >= 0.3 is 0 Å². The Hall–Kier alpha value is 0.930. The van der Waals surface area contributed by atoms with Gasteiger partial charge in [0, 0.05) is 0 Å². The Labute approximate surface area is 41.0 Å². The first-order chi connectivity index (χ1) is 2.27. The minimum absolute atomic E-state index is 1.13. The van der Waals surface area contributed by atoms with Crippen molar-refractivity contribution in [3.05, 3.63) is 0 Å². The number of rotatable bonds is 1. The minimum Gasteiger partial charge on any atom is -0.266 e. The molecule has 0 radical (unpaired) electrons. The molecule has 0 aliphatic carbocycles. The maximum Gasteiger partial charge on any atom is 0.170 e. The molecule has 0 aliphatic heterocycles. The predicted octanol–water partition coefficient (Wildman–Crippen LogP) is 1.15. The van der Waals surface area contributed by atoms with Gasteiger partial charge in [-0.2, -0.15) is 0 Å². The molecule has 0 aromatic heterocycles. The lowest BCUT2D eigenvalue weighted by molar-refractivity contribution is 1.12. The molecular weight excluding hydrogens is 130 g/mol. The molecule has 0 aliphatic rings. The van der Waals surface area contributed by atoms with Gasteiger partial charge in [-0.25, -0.2) is 5.20 Å². The molecule has 0 aromatic rings. The second kappa shape index (κ2) is 3.13. The summed E-state index contributed by atoms with van der Waals surface area (Å²) in [6, 6.07) is 0. The summed E-state index contributed by atoms with van der Waals surface area (Å²) in [4.78, 5) is 0. The molecule has 3 N–H and O–H groups in total. The molecular formula is H3Cl2N2P. The van der Waals surface area contributed by atoms with Crippen LogP contribution in [0.2, 0.25) is 0 Å². The summed E-state index contributed by atoms with van der Waals surface area (Å²) in [5.74, 6) is 4.69. The molecule has 0 bridgehead atoms. The van der Waals surface area contributed by atoms with E-state index in [1.165, 1.54) is 0 Å². The van der Waals surface area contributed by atoms with Gasteiger partial charge in [-0.05, 0) is 0 Å². The number of hydrogen-bond acceptors (Lipinski definition) is 2. The first-order valence-electron chi connectivity index (χ1n) is 0.850. The van der Waals surface area contributed by atoms with Crippen molar-refractivity contribution in [2.24, 2.45) is 5.84 Å². The number of nitrogens with two attached hydrogens (primary N) is 1. The summed E-state index contributed by atoms with van der Waals surface area (Å²) in [5.41, 5.74) is 0. The highest BCUT2D eigenvalue weighted by atomic mass is 35.9. The zero-order valence-electron chi connectivity index (χ0n) is 2.28. The highest BCUT2D eigenvalue weighted by molar-refractivity contribution is 8.02. The Kier molecular flexibility index (Phi) is 3.72. The van der Waals surface area contributed by atoms with Crippen LogP contribution in [0.3, 0.4) is 0 Å². The summed E-state index contributed by atoms with van der Waals surface area (Å²) < 4.78 is 0. The van der Waals surface area contributed by atoms with Crippen LogP contribution in [0.5, 0.6) is 0 Å². The van der Waals surface area contributed by atoms with Crippen LogP contribution in [0.4, 0.5) is 0 Å². The second-order valence-corrected chi connectivity index (χ2v) is 3.63. The molecule has 2 nitrogen and oxygen atoms in total. The predicted molar refractivity (Wildman–Crippen MR) is 25.9 cm³/mol. The molecule has 0 unspecified atom stereocenters. The maximum atomic E-state index is 5.06. The van der Waals surface area contributed by atoms with E-state index in [4.69, 9.17) is 22.5 Å². The molecule has 32 valence electrons. The Balaban J connectivity index is 2.54. The number of halogens is 2. The van der Waals surface area contributed by atoms with E-state index in [0.29, 0.717) is 0 Å². The fourth-order valence-electron chi connectivity index (χ4n) is 0. The van der Waals surface area contributed by atoms with Gasteiger partial charge in [-0.3, -0.25) is 5.84 Å². The third kappa shape index (κ3) is 4.93. The van der Waals surface area contributed by atoms with Gasteiger partial charge in [0.1, 0.15) is 0 Å². The summed E-state index contributed by atoms with van der Waals surface area (Å²) in [6.45, 7) is -1.13. The van der Waals surface area contributed by atoms with Crippen LogP contribution in [-0.2, 0) is 0 Å². The maximum absolute atomic E-state index is 5.06. The first-order valence-corrected chi connectivity index (χ1v) is 4.00. The van der Waals surface area contributed by atoms with E-state index in [0.717, 1.165) is 0 Å². The summed E-state index contributed by atoms with van der Waals surface area (Å²) in [6.07, 6.45) is 0. The van der Waals surface area contributed by atoms with Crippen LogP contribution in [0, 0.1) is 0 Å². The Morgan fingerprint density at radius 2 is 1.80 bits per heavy atom. The molecule has 0 amide bonds. The summed E-state index contributed by atoms with van der Waals surface area (Å²) in [7, 11) is 0. The van der Waals surface area contributed by atoms with Crippen molar-refractivity contribution in [1.82, 2.24) is 5.20 Å². The van der Waals surface area contributed by atoms with E-state index in [1.54, 1.807) is 0 Å². The Bertz CT molecular complexity index is 21.6. The van der Waals surface area contributed by atoms with Crippen LogP contribution in [0.15, 0.2) is 0 Å². The standard InChI is InChI=1S/Cl2H3N2P/c1-5(2)4-3/h4H,3H2. The molecule has 5 heavy (non-hydrogen) atoms. The normalized spacial score (nSPS) is 9.60. The van der Waals surface area contributed by atoms with Crippen LogP contribution >= 0.6 is 29.3 Å². The van der Waals surface area contributed by atoms with E-state index in [2.05, 4.69) is 11.0 Å². The van der Waals surface area contributed by atoms with Gasteiger partial charge in [0.25, 0.3) is 0 Å². The molecule has 0 atom stereocenters. The first kappa shape index (κ1) is 5.93. The van der Waals surface area contributed by atoms with Crippen molar-refractivity contribution in [3.63, 3.8) is 0 Å². The molecule has 0 saturated heterocycles. The SMILES string of the molecule is NNP(Cl)Cl. The van der Waals surface area contributed by atoms with Gasteiger partial charge in [0.15, 0.2) is 6.78 Å². The Morgan fingerprint density at radius 3 is 1.80 bits per heavy atom. The average Bonchev–Trinajstić information content (AvgIpc) is 1.38. The molecule has 0 aromatic carbocycles. The molecule has 0 spiro atoms. The van der Waals surface area contributed by atoms with Crippen LogP contribution in [-0.4, -0.2) is 0 Å². The lowest BCUT2D eigenvalue weighted by Gasteiger charge is -1.88. The molecule has 0 saturated carbocycles. The quantitative estimate of drug-likeness (QED) is 0.320.